The summed E-state index contributed by atoms with van der Waals surface area (Å²) in [6.45, 7) is 10.8. The Morgan fingerprint density at radius 3 is 2.26 bits per heavy atom. The van der Waals surface area contributed by atoms with Crippen molar-refractivity contribution in [1.29, 1.82) is 0 Å². The molecule has 8 heteroatoms. The van der Waals surface area contributed by atoms with Crippen LogP contribution in [0.5, 0.6) is 0 Å². The highest BCUT2D eigenvalue weighted by Gasteiger charge is 2.48. The minimum absolute atomic E-state index is 0.376. The zero-order valence-electron chi connectivity index (χ0n) is 19.2. The first-order valence-electron chi connectivity index (χ1n) is 10.7. The Hall–Kier alpha value is -2.90. The average molecular weight is 432 g/mol. The van der Waals surface area contributed by atoms with Gasteiger partial charge in [0.05, 0.1) is 0 Å². The molecule has 1 aromatic rings. The zero-order chi connectivity index (χ0) is 23.3. The second-order valence-corrected chi connectivity index (χ2v) is 8.98. The van der Waals surface area contributed by atoms with Crippen molar-refractivity contribution in [3.05, 3.63) is 29.8 Å². The van der Waals surface area contributed by atoms with Gasteiger partial charge in [-0.2, -0.15) is 0 Å². The Morgan fingerprint density at radius 2 is 1.71 bits per heavy atom. The summed E-state index contributed by atoms with van der Waals surface area (Å²) in [5.41, 5.74) is 0.700. The molecule has 1 aromatic carbocycles. The lowest BCUT2D eigenvalue weighted by molar-refractivity contribution is -0.155. The number of esters is 1. The fraction of sp³-hybridized carbons (Fsp3) is 0.565. The third-order valence-corrected chi connectivity index (χ3v) is 5.38. The van der Waals surface area contributed by atoms with E-state index in [1.807, 2.05) is 26.0 Å². The molecule has 0 aliphatic carbocycles. The highest BCUT2D eigenvalue weighted by atomic mass is 16.5. The smallest absolute Gasteiger partial charge is 0.327 e. The first kappa shape index (κ1) is 24.4. The van der Waals surface area contributed by atoms with Gasteiger partial charge < -0.3 is 15.4 Å². The van der Waals surface area contributed by atoms with Crippen LogP contribution in [-0.4, -0.2) is 46.9 Å². The molecule has 1 saturated heterocycles. The maximum Gasteiger partial charge on any atom is 0.327 e. The van der Waals surface area contributed by atoms with Crippen molar-refractivity contribution >= 4 is 29.5 Å². The Labute approximate surface area is 183 Å². The first-order valence-corrected chi connectivity index (χ1v) is 10.7. The second-order valence-electron chi connectivity index (χ2n) is 8.98. The third kappa shape index (κ3) is 6.29. The Morgan fingerprint density at radius 1 is 1.10 bits per heavy atom. The zero-order valence-corrected chi connectivity index (χ0v) is 19.2. The summed E-state index contributed by atoms with van der Waals surface area (Å²) >= 11 is 0. The van der Waals surface area contributed by atoms with Gasteiger partial charge in [-0.3, -0.25) is 19.3 Å². The molecule has 8 nitrogen and oxygen atoms in total. The predicted molar refractivity (Wildman–Crippen MR) is 117 cm³/mol. The van der Waals surface area contributed by atoms with Gasteiger partial charge in [0.2, 0.25) is 0 Å². The molecule has 1 aliphatic rings. The number of imide groups is 1. The van der Waals surface area contributed by atoms with E-state index in [2.05, 4.69) is 24.5 Å². The fourth-order valence-electron chi connectivity index (χ4n) is 3.25. The van der Waals surface area contributed by atoms with Gasteiger partial charge in [-0.1, -0.05) is 39.8 Å². The van der Waals surface area contributed by atoms with Crippen molar-refractivity contribution < 1.29 is 23.9 Å². The van der Waals surface area contributed by atoms with Crippen LogP contribution in [0.4, 0.5) is 10.5 Å². The number of carbonyl (C=O) groups excluding carboxylic acids is 4. The lowest BCUT2D eigenvalue weighted by Gasteiger charge is -2.22. The topological polar surface area (TPSA) is 105 Å². The van der Waals surface area contributed by atoms with Gasteiger partial charge in [0.1, 0.15) is 12.1 Å². The van der Waals surface area contributed by atoms with Crippen molar-refractivity contribution in [1.82, 2.24) is 10.2 Å². The molecule has 1 heterocycles. The number of rotatable bonds is 9. The van der Waals surface area contributed by atoms with Gasteiger partial charge in [-0.15, -0.1) is 0 Å². The van der Waals surface area contributed by atoms with Crippen molar-refractivity contribution in [2.45, 2.75) is 71.9 Å². The van der Waals surface area contributed by atoms with Crippen molar-refractivity contribution in [3.8, 4) is 0 Å². The van der Waals surface area contributed by atoms with Gasteiger partial charge >= 0.3 is 12.0 Å². The second kappa shape index (κ2) is 9.94. The number of urea groups is 1. The van der Waals surface area contributed by atoms with Crippen LogP contribution >= 0.6 is 0 Å². The number of hydrogen-bond donors (Lipinski definition) is 2. The predicted octanol–water partition coefficient (Wildman–Crippen LogP) is 3.43. The van der Waals surface area contributed by atoms with E-state index in [-0.39, 0.29) is 0 Å². The van der Waals surface area contributed by atoms with E-state index < -0.39 is 42.0 Å². The molecule has 0 radical (unpaired) electrons. The summed E-state index contributed by atoms with van der Waals surface area (Å²) in [7, 11) is 0. The van der Waals surface area contributed by atoms with Gasteiger partial charge in [-0.25, -0.2) is 4.79 Å². The van der Waals surface area contributed by atoms with Crippen LogP contribution < -0.4 is 10.6 Å². The Bertz CT molecular complexity index is 834. The van der Waals surface area contributed by atoms with Crippen LogP contribution in [0, 0.1) is 5.92 Å². The monoisotopic (exact) mass is 431 g/mol. The molecule has 170 valence electrons. The van der Waals surface area contributed by atoms with E-state index in [1.165, 1.54) is 6.92 Å². The molecule has 4 amide bonds. The number of benzene rings is 1. The summed E-state index contributed by atoms with van der Waals surface area (Å²) in [5, 5.41) is 5.35. The number of nitrogens with one attached hydrogen (secondary N) is 2. The normalized spacial score (nSPS) is 19.5. The van der Waals surface area contributed by atoms with E-state index in [0.717, 1.165) is 16.9 Å². The molecule has 2 N–H and O–H groups in total. The quantitative estimate of drug-likeness (QED) is 0.460. The fourth-order valence-corrected chi connectivity index (χ4v) is 3.25. The Balaban J connectivity index is 1.90. The van der Waals surface area contributed by atoms with Crippen LogP contribution in [0.3, 0.4) is 0 Å². The van der Waals surface area contributed by atoms with Crippen molar-refractivity contribution in [2.24, 2.45) is 5.92 Å². The number of amides is 4. The highest BCUT2D eigenvalue weighted by molar-refractivity contribution is 6.08. The molecule has 1 fully saturated rings. The SMILES string of the molecule is CC(C)CC[C@]1(C)NC(=O)N(CC(=O)O[C@@H](C)C(=O)Nc2ccc(C(C)C)cc2)C1=O. The largest absolute Gasteiger partial charge is 0.451 e. The van der Waals surface area contributed by atoms with Crippen LogP contribution in [0.1, 0.15) is 65.9 Å². The third-order valence-electron chi connectivity index (χ3n) is 5.38. The molecule has 2 rings (SSSR count). The minimum atomic E-state index is -1.08. The number of carbonyl (C=O) groups is 4. The van der Waals surface area contributed by atoms with Crippen LogP contribution in [0.15, 0.2) is 24.3 Å². The maximum absolute atomic E-state index is 12.7. The average Bonchev–Trinajstić information content (AvgIpc) is 2.90. The molecule has 1 aliphatic heterocycles. The highest BCUT2D eigenvalue weighted by Crippen LogP contribution is 2.24. The summed E-state index contributed by atoms with van der Waals surface area (Å²) < 4.78 is 5.15. The number of hydrogen-bond acceptors (Lipinski definition) is 5. The summed E-state index contributed by atoms with van der Waals surface area (Å²) in [6, 6.07) is 6.78. The van der Waals surface area contributed by atoms with Gasteiger partial charge in [0, 0.05) is 5.69 Å². The van der Waals surface area contributed by atoms with Crippen molar-refractivity contribution in [3.63, 3.8) is 0 Å². The van der Waals surface area contributed by atoms with Crippen LogP contribution in [0.2, 0.25) is 0 Å². The standard InChI is InChI=1S/C23H33N3O5/c1-14(2)11-12-23(6)21(29)26(22(30)25-23)13-19(27)31-16(5)20(28)24-18-9-7-17(8-10-18)15(3)4/h7-10,14-16H,11-13H2,1-6H3,(H,24,28)(H,25,30)/t16-,23-/m0/s1. The number of anilines is 1. The van der Waals surface area contributed by atoms with E-state index in [0.29, 0.717) is 23.9 Å². The van der Waals surface area contributed by atoms with Gasteiger partial charge in [0.25, 0.3) is 11.8 Å². The molecular formula is C23H33N3O5. The lowest BCUT2D eigenvalue weighted by atomic mass is 9.92. The molecular weight excluding hydrogens is 398 g/mol. The van der Waals surface area contributed by atoms with E-state index >= 15 is 0 Å². The molecule has 31 heavy (non-hydrogen) atoms. The molecule has 0 saturated carbocycles. The van der Waals surface area contributed by atoms with E-state index in [9.17, 15) is 19.2 Å². The molecule has 0 unspecified atom stereocenters. The summed E-state index contributed by atoms with van der Waals surface area (Å²) in [6.07, 6.45) is 0.163. The minimum Gasteiger partial charge on any atom is -0.451 e. The molecule has 0 bridgehead atoms. The van der Waals surface area contributed by atoms with Crippen LogP contribution in [-0.2, 0) is 19.1 Å². The van der Waals surface area contributed by atoms with Crippen LogP contribution in [0.25, 0.3) is 0 Å². The molecule has 2 atom stereocenters. The number of nitrogens with zero attached hydrogens (tertiary/aromatic N) is 1. The lowest BCUT2D eigenvalue weighted by Crippen LogP contribution is -2.44. The van der Waals surface area contributed by atoms with Gasteiger partial charge in [0.15, 0.2) is 6.10 Å². The number of ether oxygens (including phenoxy) is 1. The van der Waals surface area contributed by atoms with E-state index in [1.54, 1.807) is 19.1 Å². The molecule has 0 aromatic heterocycles. The van der Waals surface area contributed by atoms with Crippen molar-refractivity contribution in [2.75, 3.05) is 11.9 Å². The van der Waals surface area contributed by atoms with Gasteiger partial charge in [-0.05, 0) is 56.2 Å². The molecule has 0 spiro atoms. The summed E-state index contributed by atoms with van der Waals surface area (Å²) in [5.74, 6) is -1.03. The van der Waals surface area contributed by atoms with E-state index in [4.69, 9.17) is 4.74 Å². The maximum atomic E-state index is 12.7. The summed E-state index contributed by atoms with van der Waals surface area (Å²) in [4.78, 5) is 50.4. The Kier molecular flexibility index (Phi) is 7.81. The first-order chi connectivity index (χ1) is 14.4.